The first-order valence-corrected chi connectivity index (χ1v) is 8.21. The molecular formula is C15H20N2O2S. The van der Waals surface area contributed by atoms with Crippen molar-refractivity contribution < 1.29 is 8.42 Å². The molecule has 4 nitrogen and oxygen atoms in total. The van der Waals surface area contributed by atoms with Crippen LogP contribution in [-0.4, -0.2) is 25.8 Å². The zero-order valence-electron chi connectivity index (χ0n) is 12.2. The Kier molecular flexibility index (Phi) is 3.90. The Bertz CT molecular complexity index is 651. The molecule has 0 aliphatic carbocycles. The van der Waals surface area contributed by atoms with E-state index in [0.717, 1.165) is 11.1 Å². The van der Waals surface area contributed by atoms with E-state index >= 15 is 0 Å². The second kappa shape index (κ2) is 5.19. The fourth-order valence-corrected chi connectivity index (χ4v) is 4.21. The minimum atomic E-state index is -3.45. The van der Waals surface area contributed by atoms with Crippen LogP contribution in [0.4, 0.5) is 0 Å². The van der Waals surface area contributed by atoms with Crippen molar-refractivity contribution in [2.24, 2.45) is 5.41 Å². The van der Waals surface area contributed by atoms with E-state index in [1.807, 2.05) is 32.9 Å². The third-order valence-corrected chi connectivity index (χ3v) is 6.10. The Morgan fingerprint density at radius 2 is 1.85 bits per heavy atom. The predicted molar refractivity (Wildman–Crippen MR) is 77.6 cm³/mol. The minimum Gasteiger partial charge on any atom is -0.207 e. The fourth-order valence-electron chi connectivity index (χ4n) is 2.46. The molecule has 20 heavy (non-hydrogen) atoms. The first kappa shape index (κ1) is 15.0. The van der Waals surface area contributed by atoms with Gasteiger partial charge in [-0.1, -0.05) is 12.1 Å². The van der Waals surface area contributed by atoms with Crippen molar-refractivity contribution in [1.29, 1.82) is 5.26 Å². The highest BCUT2D eigenvalue weighted by Crippen LogP contribution is 2.33. The van der Waals surface area contributed by atoms with Crippen LogP contribution in [0.5, 0.6) is 0 Å². The number of aryl methyl sites for hydroxylation is 2. The lowest BCUT2D eigenvalue weighted by Gasteiger charge is -2.34. The van der Waals surface area contributed by atoms with Crippen molar-refractivity contribution in [3.05, 3.63) is 29.3 Å². The van der Waals surface area contributed by atoms with E-state index in [2.05, 4.69) is 6.07 Å². The molecule has 0 N–H and O–H groups in total. The molecule has 0 bridgehead atoms. The molecule has 108 valence electrons. The Balaban J connectivity index is 2.29. The van der Waals surface area contributed by atoms with Gasteiger partial charge in [-0.3, -0.25) is 0 Å². The molecular weight excluding hydrogens is 272 g/mol. The summed E-state index contributed by atoms with van der Waals surface area (Å²) in [7, 11) is -3.45. The highest BCUT2D eigenvalue weighted by atomic mass is 32.2. The summed E-state index contributed by atoms with van der Waals surface area (Å²) < 4.78 is 26.9. The monoisotopic (exact) mass is 292 g/mol. The van der Waals surface area contributed by atoms with Crippen LogP contribution in [0.3, 0.4) is 0 Å². The number of piperidine rings is 1. The quantitative estimate of drug-likeness (QED) is 0.841. The number of nitriles is 1. The van der Waals surface area contributed by atoms with Crippen molar-refractivity contribution in [2.75, 3.05) is 13.1 Å². The summed E-state index contributed by atoms with van der Waals surface area (Å²) in [6.07, 6.45) is 1.18. The van der Waals surface area contributed by atoms with Gasteiger partial charge in [-0.05, 0) is 50.8 Å². The van der Waals surface area contributed by atoms with Crippen molar-refractivity contribution in [1.82, 2.24) is 4.31 Å². The first-order chi connectivity index (χ1) is 9.28. The molecule has 0 aromatic heterocycles. The van der Waals surface area contributed by atoms with Gasteiger partial charge in [-0.15, -0.1) is 0 Å². The lowest BCUT2D eigenvalue weighted by molar-refractivity contribution is 0.232. The highest BCUT2D eigenvalue weighted by Gasteiger charge is 2.35. The van der Waals surface area contributed by atoms with E-state index in [-0.39, 0.29) is 0 Å². The van der Waals surface area contributed by atoms with E-state index in [1.54, 1.807) is 6.07 Å². The van der Waals surface area contributed by atoms with Gasteiger partial charge in [-0.25, -0.2) is 8.42 Å². The third-order valence-electron chi connectivity index (χ3n) is 4.06. The van der Waals surface area contributed by atoms with Crippen LogP contribution >= 0.6 is 0 Å². The molecule has 0 radical (unpaired) electrons. The molecule has 1 aromatic rings. The molecule has 5 heteroatoms. The Morgan fingerprint density at radius 3 is 2.40 bits per heavy atom. The molecule has 1 aliphatic heterocycles. The van der Waals surface area contributed by atoms with E-state index < -0.39 is 15.4 Å². The topological polar surface area (TPSA) is 61.2 Å². The molecule has 0 amide bonds. The molecule has 1 saturated heterocycles. The number of sulfonamides is 1. The van der Waals surface area contributed by atoms with Crippen LogP contribution in [0.25, 0.3) is 0 Å². The van der Waals surface area contributed by atoms with Crippen molar-refractivity contribution in [2.45, 2.75) is 38.5 Å². The number of rotatable bonds is 2. The SMILES string of the molecule is Cc1ccc(C)c(S(=O)(=O)N2CCC(C)(C#N)CC2)c1. The smallest absolute Gasteiger partial charge is 0.207 e. The van der Waals surface area contributed by atoms with Crippen molar-refractivity contribution in [3.8, 4) is 6.07 Å². The summed E-state index contributed by atoms with van der Waals surface area (Å²) in [6.45, 7) is 6.44. The van der Waals surface area contributed by atoms with Crippen LogP contribution in [0.2, 0.25) is 0 Å². The van der Waals surface area contributed by atoms with Gasteiger partial charge >= 0.3 is 0 Å². The highest BCUT2D eigenvalue weighted by molar-refractivity contribution is 7.89. The zero-order valence-corrected chi connectivity index (χ0v) is 13.0. The maximum atomic E-state index is 12.7. The van der Waals surface area contributed by atoms with Gasteiger partial charge in [-0.2, -0.15) is 9.57 Å². The van der Waals surface area contributed by atoms with Gasteiger partial charge in [0, 0.05) is 13.1 Å². The van der Waals surface area contributed by atoms with E-state index in [0.29, 0.717) is 30.8 Å². The standard InChI is InChI=1S/C15H20N2O2S/c1-12-4-5-13(2)14(10-12)20(18,19)17-8-6-15(3,11-16)7-9-17/h4-5,10H,6-9H2,1-3H3. The predicted octanol–water partition coefficient (Wildman–Crippen LogP) is 2.62. The molecule has 1 fully saturated rings. The summed E-state index contributed by atoms with van der Waals surface area (Å²) in [4.78, 5) is 0.387. The molecule has 2 rings (SSSR count). The Hall–Kier alpha value is -1.38. The van der Waals surface area contributed by atoms with Gasteiger partial charge in [0.2, 0.25) is 10.0 Å². The lowest BCUT2D eigenvalue weighted by atomic mass is 9.83. The van der Waals surface area contributed by atoms with Crippen LogP contribution in [0.15, 0.2) is 23.1 Å². The summed E-state index contributed by atoms with van der Waals surface area (Å²) in [5.74, 6) is 0. The van der Waals surface area contributed by atoms with Crippen LogP contribution in [0.1, 0.15) is 30.9 Å². The summed E-state index contributed by atoms with van der Waals surface area (Å²) in [6, 6.07) is 7.77. The molecule has 0 spiro atoms. The summed E-state index contributed by atoms with van der Waals surface area (Å²) in [5, 5.41) is 9.12. The number of nitrogens with zero attached hydrogens (tertiary/aromatic N) is 2. The normalized spacial score (nSPS) is 19.5. The average molecular weight is 292 g/mol. The molecule has 0 saturated carbocycles. The lowest BCUT2D eigenvalue weighted by Crippen LogP contribution is -2.41. The molecule has 0 atom stereocenters. The number of hydrogen-bond donors (Lipinski definition) is 0. The number of benzene rings is 1. The summed E-state index contributed by atoms with van der Waals surface area (Å²) in [5.41, 5.74) is 1.31. The van der Waals surface area contributed by atoms with Crippen molar-refractivity contribution >= 4 is 10.0 Å². The largest absolute Gasteiger partial charge is 0.243 e. The number of hydrogen-bond acceptors (Lipinski definition) is 3. The van der Waals surface area contributed by atoms with Gasteiger partial charge in [0.1, 0.15) is 0 Å². The second-order valence-electron chi connectivity index (χ2n) is 5.85. The first-order valence-electron chi connectivity index (χ1n) is 6.77. The van der Waals surface area contributed by atoms with Gasteiger partial charge in [0.25, 0.3) is 0 Å². The zero-order chi connectivity index (χ0) is 15.0. The Morgan fingerprint density at radius 1 is 1.25 bits per heavy atom. The Labute approximate surface area is 121 Å². The maximum Gasteiger partial charge on any atom is 0.243 e. The second-order valence-corrected chi connectivity index (χ2v) is 7.75. The van der Waals surface area contributed by atoms with Crippen LogP contribution < -0.4 is 0 Å². The molecule has 1 aliphatic rings. The van der Waals surface area contributed by atoms with E-state index in [4.69, 9.17) is 5.26 Å². The summed E-state index contributed by atoms with van der Waals surface area (Å²) >= 11 is 0. The van der Waals surface area contributed by atoms with Gasteiger partial charge in [0.15, 0.2) is 0 Å². The van der Waals surface area contributed by atoms with Gasteiger partial charge in [0.05, 0.1) is 16.4 Å². The maximum absolute atomic E-state index is 12.7. The van der Waals surface area contributed by atoms with Crippen LogP contribution in [0, 0.1) is 30.6 Å². The van der Waals surface area contributed by atoms with Crippen LogP contribution in [-0.2, 0) is 10.0 Å². The van der Waals surface area contributed by atoms with E-state index in [1.165, 1.54) is 4.31 Å². The molecule has 1 aromatic carbocycles. The third kappa shape index (κ3) is 2.72. The fraction of sp³-hybridized carbons (Fsp3) is 0.533. The van der Waals surface area contributed by atoms with Gasteiger partial charge < -0.3 is 0 Å². The minimum absolute atomic E-state index is 0.387. The van der Waals surface area contributed by atoms with E-state index in [9.17, 15) is 8.42 Å². The molecule has 1 heterocycles. The molecule has 0 unspecified atom stereocenters. The van der Waals surface area contributed by atoms with Crippen molar-refractivity contribution in [3.63, 3.8) is 0 Å². The average Bonchev–Trinajstić information content (AvgIpc) is 2.42.